The molecule has 0 N–H and O–H groups in total. The lowest BCUT2D eigenvalue weighted by atomic mass is 9.79. The van der Waals surface area contributed by atoms with E-state index in [0.29, 0.717) is 5.92 Å². The van der Waals surface area contributed by atoms with E-state index in [-0.39, 0.29) is 0 Å². The van der Waals surface area contributed by atoms with Gasteiger partial charge in [0, 0.05) is 18.3 Å². The molecule has 0 saturated heterocycles. The van der Waals surface area contributed by atoms with Crippen LogP contribution in [0.3, 0.4) is 0 Å². The van der Waals surface area contributed by atoms with E-state index >= 15 is 0 Å². The van der Waals surface area contributed by atoms with Crippen molar-refractivity contribution in [3.63, 3.8) is 0 Å². The Kier molecular flexibility index (Phi) is 7.18. The second-order valence-corrected chi connectivity index (χ2v) is 6.77. The molecule has 0 spiro atoms. The maximum atomic E-state index is 4.66. The molecule has 0 amide bonds. The predicted octanol–water partition coefficient (Wildman–Crippen LogP) is 5.67. The highest BCUT2D eigenvalue weighted by Crippen LogP contribution is 2.36. The third-order valence-electron chi connectivity index (χ3n) is 4.97. The Hall–Kier alpha value is -0.920. The summed E-state index contributed by atoms with van der Waals surface area (Å²) in [5, 5.41) is 0. The number of aryl methyl sites for hydroxylation is 1. The Bertz CT molecular complexity index is 377. The van der Waals surface area contributed by atoms with Gasteiger partial charge >= 0.3 is 0 Å². The molecule has 0 bridgehead atoms. The Balaban J connectivity index is 1.78. The molecular weight excluding hydrogens is 256 g/mol. The van der Waals surface area contributed by atoms with Gasteiger partial charge in [0.2, 0.25) is 0 Å². The van der Waals surface area contributed by atoms with Gasteiger partial charge in [0.25, 0.3) is 0 Å². The second kappa shape index (κ2) is 9.17. The number of hydrogen-bond acceptors (Lipinski definition) is 2. The van der Waals surface area contributed by atoms with Crippen molar-refractivity contribution in [2.24, 2.45) is 5.92 Å². The highest BCUT2D eigenvalue weighted by atomic mass is 14.9. The molecule has 0 unspecified atom stereocenters. The molecule has 0 aliphatic heterocycles. The summed E-state index contributed by atoms with van der Waals surface area (Å²) < 4.78 is 0. The van der Waals surface area contributed by atoms with Gasteiger partial charge in [0.05, 0.1) is 0 Å². The first-order valence-electron chi connectivity index (χ1n) is 9.14. The smallest absolute Gasteiger partial charge is 0.131 e. The lowest BCUT2D eigenvalue weighted by Crippen LogP contribution is -2.15. The van der Waals surface area contributed by atoms with Crippen LogP contribution in [0.15, 0.2) is 12.4 Å². The van der Waals surface area contributed by atoms with Gasteiger partial charge in [-0.15, -0.1) is 0 Å². The number of hydrogen-bond donors (Lipinski definition) is 0. The average Bonchev–Trinajstić information content (AvgIpc) is 2.54. The maximum Gasteiger partial charge on any atom is 0.131 e. The Labute approximate surface area is 130 Å². The van der Waals surface area contributed by atoms with Gasteiger partial charge < -0.3 is 0 Å². The molecule has 0 atom stereocenters. The van der Waals surface area contributed by atoms with Crippen molar-refractivity contribution >= 4 is 0 Å². The quantitative estimate of drug-likeness (QED) is 0.576. The zero-order chi connectivity index (χ0) is 14.9. The normalized spacial score (nSPS) is 22.4. The summed E-state index contributed by atoms with van der Waals surface area (Å²) in [4.78, 5) is 9.31. The lowest BCUT2D eigenvalue weighted by Gasteiger charge is -2.27. The number of aromatic nitrogens is 2. The lowest BCUT2D eigenvalue weighted by molar-refractivity contribution is 0.298. The number of rotatable bonds is 8. The number of nitrogens with zero attached hydrogens (tertiary/aromatic N) is 2. The van der Waals surface area contributed by atoms with Crippen molar-refractivity contribution in [2.75, 3.05) is 0 Å². The molecule has 1 aromatic rings. The second-order valence-electron chi connectivity index (χ2n) is 6.77. The molecule has 0 aromatic carbocycles. The molecule has 2 rings (SSSR count). The summed E-state index contributed by atoms with van der Waals surface area (Å²) in [6, 6.07) is 0. The molecule has 1 aliphatic carbocycles. The molecule has 2 nitrogen and oxygen atoms in total. The summed E-state index contributed by atoms with van der Waals surface area (Å²) in [5.74, 6) is 2.69. The van der Waals surface area contributed by atoms with Crippen molar-refractivity contribution in [1.82, 2.24) is 9.97 Å². The molecular formula is C19H32N2. The molecule has 1 aromatic heterocycles. The minimum absolute atomic E-state index is 0.618. The minimum atomic E-state index is 0.618. The fourth-order valence-electron chi connectivity index (χ4n) is 3.49. The largest absolute Gasteiger partial charge is 0.241 e. The van der Waals surface area contributed by atoms with Gasteiger partial charge in [-0.25, -0.2) is 9.97 Å². The predicted molar refractivity (Wildman–Crippen MR) is 89.5 cm³/mol. The summed E-state index contributed by atoms with van der Waals surface area (Å²) in [6.45, 7) is 4.54. The van der Waals surface area contributed by atoms with Crippen molar-refractivity contribution < 1.29 is 0 Å². The highest BCUT2D eigenvalue weighted by Gasteiger charge is 2.23. The van der Waals surface area contributed by atoms with E-state index in [1.54, 1.807) is 0 Å². The van der Waals surface area contributed by atoms with Gasteiger partial charge in [-0.3, -0.25) is 0 Å². The minimum Gasteiger partial charge on any atom is -0.241 e. The van der Waals surface area contributed by atoms with E-state index in [4.69, 9.17) is 0 Å². The van der Waals surface area contributed by atoms with Gasteiger partial charge in [-0.1, -0.05) is 46.0 Å². The summed E-state index contributed by atoms with van der Waals surface area (Å²) in [6.07, 6.45) is 18.7. The summed E-state index contributed by atoms with van der Waals surface area (Å²) >= 11 is 0. The van der Waals surface area contributed by atoms with Crippen molar-refractivity contribution in [3.8, 4) is 0 Å². The molecule has 1 saturated carbocycles. The monoisotopic (exact) mass is 288 g/mol. The van der Waals surface area contributed by atoms with E-state index in [0.717, 1.165) is 18.2 Å². The average molecular weight is 288 g/mol. The zero-order valence-electron chi connectivity index (χ0n) is 14.0. The van der Waals surface area contributed by atoms with Crippen LogP contribution in [0.1, 0.15) is 95.4 Å². The molecule has 118 valence electrons. The molecule has 1 fully saturated rings. The Morgan fingerprint density at radius 2 is 1.57 bits per heavy atom. The third kappa shape index (κ3) is 5.41. The summed E-state index contributed by atoms with van der Waals surface area (Å²) in [7, 11) is 0. The van der Waals surface area contributed by atoms with Gasteiger partial charge in [-0.2, -0.15) is 0 Å². The van der Waals surface area contributed by atoms with Crippen LogP contribution in [0.2, 0.25) is 0 Å². The van der Waals surface area contributed by atoms with Gasteiger partial charge in [0.1, 0.15) is 5.82 Å². The molecule has 21 heavy (non-hydrogen) atoms. The standard InChI is InChI=1S/C19H32N2/c1-3-5-7-9-17-14-20-19(21-15-17)18-12-10-16(11-13-18)8-6-4-2/h14-16,18H,3-13H2,1-2H3. The Morgan fingerprint density at radius 1 is 0.905 bits per heavy atom. The van der Waals surface area contributed by atoms with E-state index in [2.05, 4.69) is 36.2 Å². The van der Waals surface area contributed by atoms with E-state index < -0.39 is 0 Å². The third-order valence-corrected chi connectivity index (χ3v) is 4.97. The number of unbranched alkanes of at least 4 members (excludes halogenated alkanes) is 3. The first kappa shape index (κ1) is 16.5. The van der Waals surface area contributed by atoms with Crippen LogP contribution in [0, 0.1) is 5.92 Å². The first-order chi connectivity index (χ1) is 10.3. The van der Waals surface area contributed by atoms with Gasteiger partial charge in [0.15, 0.2) is 0 Å². The SMILES string of the molecule is CCCCCc1cnc(C2CCC(CCCC)CC2)nc1. The van der Waals surface area contributed by atoms with Crippen LogP contribution in [-0.2, 0) is 6.42 Å². The van der Waals surface area contributed by atoms with E-state index in [1.807, 2.05) is 0 Å². The van der Waals surface area contributed by atoms with E-state index in [9.17, 15) is 0 Å². The molecule has 1 aliphatic rings. The molecule has 2 heteroatoms. The van der Waals surface area contributed by atoms with Crippen molar-refractivity contribution in [1.29, 1.82) is 0 Å². The van der Waals surface area contributed by atoms with Crippen LogP contribution < -0.4 is 0 Å². The van der Waals surface area contributed by atoms with Crippen molar-refractivity contribution in [2.45, 2.75) is 90.4 Å². The van der Waals surface area contributed by atoms with Crippen LogP contribution in [0.5, 0.6) is 0 Å². The van der Waals surface area contributed by atoms with Gasteiger partial charge in [-0.05, 0) is 50.0 Å². The maximum absolute atomic E-state index is 4.66. The Morgan fingerprint density at radius 3 is 2.19 bits per heavy atom. The molecule has 1 heterocycles. The van der Waals surface area contributed by atoms with Crippen LogP contribution in [-0.4, -0.2) is 9.97 Å². The van der Waals surface area contributed by atoms with Crippen LogP contribution in [0.25, 0.3) is 0 Å². The summed E-state index contributed by atoms with van der Waals surface area (Å²) in [5.41, 5.74) is 1.31. The van der Waals surface area contributed by atoms with Crippen LogP contribution in [0.4, 0.5) is 0 Å². The topological polar surface area (TPSA) is 25.8 Å². The first-order valence-corrected chi connectivity index (χ1v) is 9.14. The molecule has 0 radical (unpaired) electrons. The van der Waals surface area contributed by atoms with Crippen molar-refractivity contribution in [3.05, 3.63) is 23.8 Å². The van der Waals surface area contributed by atoms with E-state index in [1.165, 1.54) is 69.8 Å². The highest BCUT2D eigenvalue weighted by molar-refractivity contribution is 5.08. The fraction of sp³-hybridized carbons (Fsp3) is 0.789. The zero-order valence-corrected chi connectivity index (χ0v) is 14.0. The van der Waals surface area contributed by atoms with Crippen LogP contribution >= 0.6 is 0 Å². The fourth-order valence-corrected chi connectivity index (χ4v) is 3.49.